The Morgan fingerprint density at radius 3 is 2.76 bits per heavy atom. The molecule has 0 bridgehead atoms. The topological polar surface area (TPSA) is 172 Å². The first-order valence-electron chi connectivity index (χ1n) is 11.8. The molecule has 5 rings (SSSR count). The third-order valence-electron chi connectivity index (χ3n) is 6.65. The van der Waals surface area contributed by atoms with Gasteiger partial charge in [0.2, 0.25) is 5.91 Å². The van der Waals surface area contributed by atoms with Crippen LogP contribution in [0, 0.1) is 5.41 Å². The summed E-state index contributed by atoms with van der Waals surface area (Å²) in [6.45, 7) is 0.172. The van der Waals surface area contributed by atoms with Gasteiger partial charge in [-0.2, -0.15) is 0 Å². The van der Waals surface area contributed by atoms with Crippen LogP contribution in [0.25, 0.3) is 0 Å². The van der Waals surface area contributed by atoms with Gasteiger partial charge in [-0.15, -0.1) is 0 Å². The molecule has 3 aliphatic rings. The van der Waals surface area contributed by atoms with E-state index in [-0.39, 0.29) is 25.5 Å². The normalized spacial score (nSPS) is 19.7. The fourth-order valence-electron chi connectivity index (χ4n) is 4.79. The lowest BCUT2D eigenvalue weighted by molar-refractivity contribution is -0.150. The van der Waals surface area contributed by atoms with E-state index in [1.807, 2.05) is 0 Å². The van der Waals surface area contributed by atoms with E-state index in [1.54, 1.807) is 36.4 Å². The number of ether oxygens (including phenoxy) is 1. The molecule has 3 aliphatic heterocycles. The van der Waals surface area contributed by atoms with E-state index in [2.05, 4.69) is 10.6 Å². The lowest BCUT2D eigenvalue weighted by atomic mass is 9.99. The standard InChI is InChI=1S/C25H25N5O7/c26-23-17-5-3-15(9-14(17)11-27-23)28-24(35)21(34)22-25(36)29(7-8-37-22)16-4-1-13-2-6-19(31)30(12-20(32)33)18(13)10-16/h1,3-5,9-10,21-22,34H,2,6-8,11-12H2,(H2,26,27)(H,28,35)(H,32,33)/t21-,22-/m1/s1. The SMILES string of the molecule is N=C1NCc2cc(NC(=O)[C@H](O)[C@H]3OCCN(c4ccc5c(c4)N(CC(=O)O)C(=O)CC5)C3=O)ccc21. The number of aliphatic carboxylic acids is 1. The molecule has 5 N–H and O–H groups in total. The van der Waals surface area contributed by atoms with Gasteiger partial charge in [-0.25, -0.2) is 0 Å². The first-order valence-corrected chi connectivity index (χ1v) is 11.8. The summed E-state index contributed by atoms with van der Waals surface area (Å²) >= 11 is 0. The minimum atomic E-state index is -1.79. The zero-order valence-electron chi connectivity index (χ0n) is 19.7. The van der Waals surface area contributed by atoms with E-state index < -0.39 is 36.5 Å². The van der Waals surface area contributed by atoms with Crippen molar-refractivity contribution in [3.05, 3.63) is 53.1 Å². The molecule has 3 heterocycles. The van der Waals surface area contributed by atoms with Crippen molar-refractivity contribution in [3.63, 3.8) is 0 Å². The Bertz CT molecular complexity index is 1330. The summed E-state index contributed by atoms with van der Waals surface area (Å²) in [4.78, 5) is 52.2. The molecule has 0 unspecified atom stereocenters. The number of aliphatic hydroxyl groups is 1. The number of benzene rings is 2. The van der Waals surface area contributed by atoms with Crippen molar-refractivity contribution in [1.82, 2.24) is 5.32 Å². The van der Waals surface area contributed by atoms with Gasteiger partial charge in [-0.05, 0) is 47.9 Å². The summed E-state index contributed by atoms with van der Waals surface area (Å²) in [7, 11) is 0. The Morgan fingerprint density at radius 1 is 1.16 bits per heavy atom. The Kier molecular flexibility index (Phi) is 6.36. The van der Waals surface area contributed by atoms with E-state index in [0.717, 1.165) is 16.7 Å². The van der Waals surface area contributed by atoms with Gasteiger partial charge in [0.25, 0.3) is 11.8 Å². The first-order chi connectivity index (χ1) is 17.7. The lowest BCUT2D eigenvalue weighted by Gasteiger charge is -2.35. The number of aliphatic hydroxyl groups excluding tert-OH is 1. The molecule has 3 amide bonds. The quantitative estimate of drug-likeness (QED) is 0.369. The molecular weight excluding hydrogens is 482 g/mol. The number of morpholine rings is 1. The van der Waals surface area contributed by atoms with Crippen LogP contribution in [0.15, 0.2) is 36.4 Å². The maximum Gasteiger partial charge on any atom is 0.323 e. The maximum atomic E-state index is 13.3. The zero-order chi connectivity index (χ0) is 26.3. The Morgan fingerprint density at radius 2 is 1.97 bits per heavy atom. The molecule has 192 valence electrons. The molecule has 2 atom stereocenters. The van der Waals surface area contributed by atoms with Crippen LogP contribution in [0.1, 0.15) is 23.1 Å². The second kappa shape index (κ2) is 9.64. The van der Waals surface area contributed by atoms with Crippen molar-refractivity contribution in [2.75, 3.05) is 34.8 Å². The minimum Gasteiger partial charge on any atom is -0.480 e. The van der Waals surface area contributed by atoms with Crippen molar-refractivity contribution in [3.8, 4) is 0 Å². The molecule has 12 nitrogen and oxygen atoms in total. The van der Waals surface area contributed by atoms with Crippen LogP contribution >= 0.6 is 0 Å². The number of nitrogens with zero attached hydrogens (tertiary/aromatic N) is 2. The summed E-state index contributed by atoms with van der Waals surface area (Å²) in [5.41, 5.74) is 3.59. The van der Waals surface area contributed by atoms with E-state index in [1.165, 1.54) is 9.80 Å². The number of anilines is 3. The van der Waals surface area contributed by atoms with Crippen LogP contribution in [-0.4, -0.2) is 71.6 Å². The van der Waals surface area contributed by atoms with Crippen LogP contribution in [0.2, 0.25) is 0 Å². The van der Waals surface area contributed by atoms with Gasteiger partial charge in [0.15, 0.2) is 12.2 Å². The van der Waals surface area contributed by atoms with Gasteiger partial charge >= 0.3 is 5.97 Å². The first kappa shape index (κ1) is 24.4. The number of carboxylic acids is 1. The predicted octanol–water partition coefficient (Wildman–Crippen LogP) is 0.210. The number of carbonyl (C=O) groups excluding carboxylic acids is 3. The number of amidine groups is 1. The molecule has 0 spiro atoms. The van der Waals surface area contributed by atoms with Crippen LogP contribution in [0.3, 0.4) is 0 Å². The number of carbonyl (C=O) groups is 4. The predicted molar refractivity (Wildman–Crippen MR) is 132 cm³/mol. The molecule has 2 aromatic rings. The molecule has 0 aliphatic carbocycles. The van der Waals surface area contributed by atoms with Crippen molar-refractivity contribution >= 4 is 46.6 Å². The van der Waals surface area contributed by atoms with Crippen LogP contribution in [-0.2, 0) is 36.9 Å². The molecule has 0 aromatic heterocycles. The molecular formula is C25H25N5O7. The molecule has 1 saturated heterocycles. The monoisotopic (exact) mass is 507 g/mol. The third-order valence-corrected chi connectivity index (χ3v) is 6.65. The fourth-order valence-corrected chi connectivity index (χ4v) is 4.79. The second-order valence-electron chi connectivity index (χ2n) is 9.00. The lowest BCUT2D eigenvalue weighted by Crippen LogP contribution is -2.55. The molecule has 12 heteroatoms. The highest BCUT2D eigenvalue weighted by molar-refractivity contribution is 6.06. The number of carboxylic acid groups (broad SMARTS) is 1. The summed E-state index contributed by atoms with van der Waals surface area (Å²) in [6, 6.07) is 10.0. The maximum absolute atomic E-state index is 13.3. The Balaban J connectivity index is 1.32. The molecule has 0 saturated carbocycles. The minimum absolute atomic E-state index is 0.0578. The van der Waals surface area contributed by atoms with Gasteiger partial charge in [0, 0.05) is 42.1 Å². The van der Waals surface area contributed by atoms with E-state index in [4.69, 9.17) is 10.1 Å². The summed E-state index contributed by atoms with van der Waals surface area (Å²) in [6.07, 6.45) is -2.58. The van der Waals surface area contributed by atoms with Gasteiger partial charge in [-0.1, -0.05) is 6.07 Å². The van der Waals surface area contributed by atoms with Crippen molar-refractivity contribution < 1.29 is 34.1 Å². The molecule has 2 aromatic carbocycles. The second-order valence-corrected chi connectivity index (χ2v) is 9.00. The highest BCUT2D eigenvalue weighted by Gasteiger charge is 2.40. The number of nitrogens with one attached hydrogen (secondary N) is 3. The Hall–Kier alpha value is -4.29. The van der Waals surface area contributed by atoms with Crippen molar-refractivity contribution in [2.24, 2.45) is 0 Å². The van der Waals surface area contributed by atoms with Gasteiger partial charge in [-0.3, -0.25) is 24.6 Å². The highest BCUT2D eigenvalue weighted by atomic mass is 16.5. The van der Waals surface area contributed by atoms with Gasteiger partial charge < -0.3 is 35.4 Å². The fraction of sp³-hybridized carbons (Fsp3) is 0.320. The average Bonchev–Trinajstić information content (AvgIpc) is 3.25. The number of amides is 3. The number of hydrogen-bond acceptors (Lipinski definition) is 7. The number of fused-ring (bicyclic) bond motifs is 2. The van der Waals surface area contributed by atoms with Crippen molar-refractivity contribution in [2.45, 2.75) is 31.6 Å². The smallest absolute Gasteiger partial charge is 0.323 e. The summed E-state index contributed by atoms with van der Waals surface area (Å²) < 4.78 is 5.47. The van der Waals surface area contributed by atoms with Gasteiger partial charge in [0.05, 0.1) is 6.61 Å². The number of rotatable bonds is 6. The molecule has 37 heavy (non-hydrogen) atoms. The zero-order valence-corrected chi connectivity index (χ0v) is 19.7. The summed E-state index contributed by atoms with van der Waals surface area (Å²) in [5, 5.41) is 33.2. The number of aryl methyl sites for hydroxylation is 1. The van der Waals surface area contributed by atoms with Gasteiger partial charge in [0.1, 0.15) is 12.4 Å². The van der Waals surface area contributed by atoms with Crippen molar-refractivity contribution in [1.29, 1.82) is 5.41 Å². The van der Waals surface area contributed by atoms with E-state index in [0.29, 0.717) is 35.9 Å². The largest absolute Gasteiger partial charge is 0.480 e. The highest BCUT2D eigenvalue weighted by Crippen LogP contribution is 2.33. The molecule has 1 fully saturated rings. The van der Waals surface area contributed by atoms with E-state index >= 15 is 0 Å². The van der Waals surface area contributed by atoms with Crippen LogP contribution in [0.4, 0.5) is 17.1 Å². The van der Waals surface area contributed by atoms with Crippen LogP contribution in [0.5, 0.6) is 0 Å². The average molecular weight is 508 g/mol. The summed E-state index contributed by atoms with van der Waals surface area (Å²) in [5.74, 6) is -2.62. The van der Waals surface area contributed by atoms with E-state index in [9.17, 15) is 29.4 Å². The Labute approximate surface area is 211 Å². The molecule has 0 radical (unpaired) electrons. The number of hydrogen-bond donors (Lipinski definition) is 5. The third kappa shape index (κ3) is 4.63. The van der Waals surface area contributed by atoms with Crippen LogP contribution < -0.4 is 20.4 Å².